The molecule has 0 N–H and O–H groups in total. The highest BCUT2D eigenvalue weighted by Crippen LogP contribution is 2.16. The van der Waals surface area contributed by atoms with Gasteiger partial charge in [0, 0.05) is 0 Å². The molecule has 0 unspecified atom stereocenters. The molecule has 9 nitrogen and oxygen atoms in total. The third-order valence-corrected chi connectivity index (χ3v) is 8.67. The van der Waals surface area contributed by atoms with Gasteiger partial charge in [0.1, 0.15) is 31.1 Å². The molecule has 0 saturated heterocycles. The predicted octanol–water partition coefficient (Wildman–Crippen LogP) is 1.05. The smallest absolute Gasteiger partial charge is 0.353 e. The Morgan fingerprint density at radius 1 is 0.760 bits per heavy atom. The minimum absolute atomic E-state index is 0.0456. The summed E-state index contributed by atoms with van der Waals surface area (Å²) in [6.07, 6.45) is -0.671. The van der Waals surface area contributed by atoms with Gasteiger partial charge in [0.15, 0.2) is 0 Å². The molecule has 0 amide bonds. The largest absolute Gasteiger partial charge is 0.466 e. The van der Waals surface area contributed by atoms with E-state index in [4.69, 9.17) is 13.6 Å². The van der Waals surface area contributed by atoms with Crippen LogP contribution in [0.4, 0.5) is 0 Å². The van der Waals surface area contributed by atoms with E-state index in [9.17, 15) is 19.2 Å². The summed E-state index contributed by atoms with van der Waals surface area (Å²) >= 11 is 0. The molecule has 0 fully saturated rings. The van der Waals surface area contributed by atoms with Crippen molar-refractivity contribution in [2.45, 2.75) is 46.0 Å². The Labute approximate surface area is 149 Å². The third-order valence-electron chi connectivity index (χ3n) is 2.57. The van der Waals surface area contributed by atoms with E-state index in [1.165, 1.54) is 6.92 Å². The van der Waals surface area contributed by atoms with Crippen LogP contribution < -0.4 is 0 Å². The first-order chi connectivity index (χ1) is 11.4. The number of esters is 2. The van der Waals surface area contributed by atoms with Crippen molar-refractivity contribution in [2.24, 2.45) is 0 Å². The second-order valence-electron chi connectivity index (χ2n) is 6.62. The van der Waals surface area contributed by atoms with Gasteiger partial charge in [-0.1, -0.05) is 0 Å². The van der Waals surface area contributed by atoms with Crippen LogP contribution in [-0.4, -0.2) is 59.9 Å². The van der Waals surface area contributed by atoms with E-state index in [0.717, 1.165) is 7.11 Å². The first-order valence-electron chi connectivity index (χ1n) is 7.61. The summed E-state index contributed by atoms with van der Waals surface area (Å²) in [7, 11) is -3.61. The molecule has 0 atom stereocenters. The van der Waals surface area contributed by atoms with Gasteiger partial charge in [-0.25, -0.2) is 4.79 Å². The Balaban J connectivity index is 4.38. The molecule has 0 aliphatic heterocycles. The van der Waals surface area contributed by atoms with Crippen LogP contribution in [-0.2, 0) is 42.5 Å². The van der Waals surface area contributed by atoms with Crippen molar-refractivity contribution in [3.8, 4) is 0 Å². The second-order valence-corrected chi connectivity index (χ2v) is 15.1. The molecular formula is C14H26O9Si2. The summed E-state index contributed by atoms with van der Waals surface area (Å²) < 4.78 is 16.2. The van der Waals surface area contributed by atoms with Gasteiger partial charge in [-0.05, 0) is 33.1 Å². The molecule has 25 heavy (non-hydrogen) atoms. The average Bonchev–Trinajstić information content (AvgIpc) is 2.42. The molecule has 144 valence electrons. The number of hydrogen-bond acceptors (Lipinski definition) is 9. The van der Waals surface area contributed by atoms with Crippen LogP contribution >= 0.6 is 0 Å². The van der Waals surface area contributed by atoms with Crippen LogP contribution in [0.2, 0.25) is 26.2 Å². The van der Waals surface area contributed by atoms with Crippen molar-refractivity contribution in [2.75, 3.05) is 19.6 Å². The van der Waals surface area contributed by atoms with Crippen molar-refractivity contribution >= 4 is 40.3 Å². The van der Waals surface area contributed by atoms with Gasteiger partial charge in [0.25, 0.3) is 0 Å². The van der Waals surface area contributed by atoms with Crippen LogP contribution in [0.5, 0.6) is 0 Å². The highest BCUT2D eigenvalue weighted by molar-refractivity contribution is 6.84. The van der Waals surface area contributed by atoms with Crippen LogP contribution in [0.15, 0.2) is 0 Å². The van der Waals surface area contributed by atoms with Gasteiger partial charge >= 0.3 is 17.9 Å². The van der Waals surface area contributed by atoms with Crippen LogP contribution in [0, 0.1) is 0 Å². The fourth-order valence-corrected chi connectivity index (χ4v) is 9.33. The molecule has 11 heteroatoms. The molecule has 0 aliphatic rings. The van der Waals surface area contributed by atoms with Crippen molar-refractivity contribution < 1.29 is 42.5 Å². The van der Waals surface area contributed by atoms with Gasteiger partial charge in [0.2, 0.25) is 16.6 Å². The van der Waals surface area contributed by atoms with Crippen molar-refractivity contribution in [1.29, 1.82) is 0 Å². The lowest BCUT2D eigenvalue weighted by atomic mass is 10.3. The Hall–Kier alpha value is -1.57. The normalized spacial score (nSPS) is 11.6. The SMILES string of the molecule is COOC(=O)CC(=O)OC[Si](C)(C)O[Si](C)(C)COC(=O)CC(C)=O. The highest BCUT2D eigenvalue weighted by atomic mass is 28.4. The summed E-state index contributed by atoms with van der Waals surface area (Å²) in [4.78, 5) is 53.3. The van der Waals surface area contributed by atoms with Gasteiger partial charge in [-0.15, -0.1) is 0 Å². The number of ether oxygens (including phenoxy) is 2. The third kappa shape index (κ3) is 12.4. The number of carbonyl (C=O) groups is 4. The zero-order chi connectivity index (χ0) is 19.7. The summed E-state index contributed by atoms with van der Waals surface area (Å²) in [5.74, 6) is -2.43. The lowest BCUT2D eigenvalue weighted by Crippen LogP contribution is -2.51. The van der Waals surface area contributed by atoms with Gasteiger partial charge in [-0.2, -0.15) is 4.89 Å². The van der Waals surface area contributed by atoms with E-state index in [-0.39, 0.29) is 24.7 Å². The predicted molar refractivity (Wildman–Crippen MR) is 91.0 cm³/mol. The minimum atomic E-state index is -2.40. The zero-order valence-electron chi connectivity index (χ0n) is 15.5. The van der Waals surface area contributed by atoms with Crippen molar-refractivity contribution in [1.82, 2.24) is 0 Å². The average molecular weight is 395 g/mol. The Bertz CT molecular complexity index is 503. The second kappa shape index (κ2) is 10.4. The quantitative estimate of drug-likeness (QED) is 0.167. The minimum Gasteiger partial charge on any atom is -0.466 e. The van der Waals surface area contributed by atoms with Crippen LogP contribution in [0.1, 0.15) is 19.8 Å². The molecule has 0 heterocycles. The molecule has 0 radical (unpaired) electrons. The first kappa shape index (κ1) is 23.4. The monoisotopic (exact) mass is 394 g/mol. The maximum absolute atomic E-state index is 11.6. The molecule has 0 spiro atoms. The van der Waals surface area contributed by atoms with E-state index < -0.39 is 41.0 Å². The molecule has 0 rings (SSSR count). The standard InChI is InChI=1S/C14H26O9Si2/c1-11(15)7-12(16)20-9-24(3,4)23-25(5,6)10-21-13(17)8-14(18)22-19-2/h7-10H2,1-6H3. The van der Waals surface area contributed by atoms with Gasteiger partial charge in [-0.3, -0.25) is 19.3 Å². The number of ketones is 1. The Morgan fingerprint density at radius 3 is 1.60 bits per heavy atom. The number of rotatable bonds is 11. The fourth-order valence-electron chi connectivity index (χ4n) is 1.86. The van der Waals surface area contributed by atoms with Gasteiger partial charge < -0.3 is 13.6 Å². The van der Waals surface area contributed by atoms with Crippen molar-refractivity contribution in [3.05, 3.63) is 0 Å². The summed E-state index contributed by atoms with van der Waals surface area (Å²) in [5.41, 5.74) is 0. The topological polar surface area (TPSA) is 114 Å². The van der Waals surface area contributed by atoms with E-state index in [1.54, 1.807) is 0 Å². The van der Waals surface area contributed by atoms with E-state index in [0.29, 0.717) is 0 Å². The summed E-state index contributed by atoms with van der Waals surface area (Å²) in [6.45, 7) is 8.73. The molecule has 0 saturated carbocycles. The molecule has 0 aliphatic carbocycles. The Morgan fingerprint density at radius 2 is 1.20 bits per heavy atom. The lowest BCUT2D eigenvalue weighted by Gasteiger charge is -2.32. The molecule has 0 aromatic rings. The summed E-state index contributed by atoms with van der Waals surface area (Å²) in [6, 6.07) is 0. The van der Waals surface area contributed by atoms with E-state index in [2.05, 4.69) is 9.78 Å². The van der Waals surface area contributed by atoms with E-state index in [1.807, 2.05) is 26.2 Å². The highest BCUT2D eigenvalue weighted by Gasteiger charge is 2.35. The Kier molecular flexibility index (Phi) is 9.78. The van der Waals surface area contributed by atoms with Crippen LogP contribution in [0.25, 0.3) is 0 Å². The zero-order valence-corrected chi connectivity index (χ0v) is 17.5. The van der Waals surface area contributed by atoms with Gasteiger partial charge in [0.05, 0.1) is 7.11 Å². The van der Waals surface area contributed by atoms with Crippen LogP contribution in [0.3, 0.4) is 0 Å². The first-order valence-corrected chi connectivity index (χ1v) is 13.8. The molecule has 0 aromatic heterocycles. The number of carbonyl (C=O) groups excluding carboxylic acids is 4. The number of hydrogen-bond donors (Lipinski definition) is 0. The maximum Gasteiger partial charge on any atom is 0.353 e. The maximum atomic E-state index is 11.6. The fraction of sp³-hybridized carbons (Fsp3) is 0.714. The van der Waals surface area contributed by atoms with Crippen molar-refractivity contribution in [3.63, 3.8) is 0 Å². The molecule has 0 aromatic carbocycles. The lowest BCUT2D eigenvalue weighted by molar-refractivity contribution is -0.255. The summed E-state index contributed by atoms with van der Waals surface area (Å²) in [5, 5.41) is 0. The van der Waals surface area contributed by atoms with E-state index >= 15 is 0 Å². The molecular weight excluding hydrogens is 368 g/mol. The molecule has 0 bridgehead atoms. The number of Topliss-reactive ketones (excluding diaryl/α,β-unsaturated/α-hetero) is 1.